The second kappa shape index (κ2) is 8.13. The highest BCUT2D eigenvalue weighted by atomic mass is 35.5. The van der Waals surface area contributed by atoms with Crippen LogP contribution < -0.4 is 10.6 Å². The molecule has 0 aromatic heterocycles. The van der Waals surface area contributed by atoms with Crippen molar-refractivity contribution in [3.05, 3.63) is 61.4 Å². The molecular weight excluding hydrogens is 446 g/mol. The first-order valence-electron chi connectivity index (χ1n) is 7.34. The Morgan fingerprint density at radius 3 is 2.48 bits per heavy atom. The number of benzene rings is 1. The summed E-state index contributed by atoms with van der Waals surface area (Å²) in [5.74, 6) is -0.190. The molecule has 0 amide bonds. The molecule has 1 heterocycles. The summed E-state index contributed by atoms with van der Waals surface area (Å²) in [6.07, 6.45) is -2.93. The largest absolute Gasteiger partial charge is 0.472 e. The molecule has 2 N–H and O–H groups in total. The fourth-order valence-corrected chi connectivity index (χ4v) is 2.88. The van der Waals surface area contributed by atoms with Gasteiger partial charge in [-0.15, -0.1) is 0 Å². The monoisotopic (exact) mass is 455 g/mol. The predicted octanol–water partition coefficient (Wildman–Crippen LogP) is 3.92. The molecule has 1 atom stereocenters. The molecule has 0 saturated heterocycles. The molecule has 0 aliphatic carbocycles. The first kappa shape index (κ1) is 22.2. The van der Waals surface area contributed by atoms with Gasteiger partial charge in [0.15, 0.2) is 0 Å². The van der Waals surface area contributed by atoms with Crippen LogP contribution in [0.3, 0.4) is 0 Å². The van der Waals surface area contributed by atoms with Gasteiger partial charge in [-0.25, -0.2) is 4.99 Å². The molecule has 0 fully saturated rings. The van der Waals surface area contributed by atoms with Crippen molar-refractivity contribution < 1.29 is 27.8 Å². The molecule has 0 radical (unpaired) electrons. The van der Waals surface area contributed by atoms with Crippen LogP contribution in [0.1, 0.15) is 5.56 Å². The van der Waals surface area contributed by atoms with Gasteiger partial charge in [0.2, 0.25) is 17.2 Å². The number of halogens is 5. The second-order valence-corrected chi connectivity index (χ2v) is 6.07. The molecular formula is C14H10Cl2F3N5O5. The molecule has 1 aromatic rings. The lowest BCUT2D eigenvalue weighted by molar-refractivity contribution is -0.392. The first-order chi connectivity index (χ1) is 13.4. The number of aliphatic imine (C=N–C) groups is 1. The predicted molar refractivity (Wildman–Crippen MR) is 97.7 cm³/mol. The first-order valence-corrected chi connectivity index (χ1v) is 8.15. The molecule has 0 saturated carbocycles. The van der Waals surface area contributed by atoms with Crippen molar-refractivity contribution >= 4 is 46.2 Å². The average Bonchev–Trinajstić information content (AvgIpc) is 2.59. The van der Waals surface area contributed by atoms with Gasteiger partial charge in [0.05, 0.1) is 15.4 Å². The minimum atomic E-state index is -5.19. The Labute approximate surface area is 169 Å². The zero-order valence-electron chi connectivity index (χ0n) is 14.0. The van der Waals surface area contributed by atoms with E-state index in [2.05, 4.69) is 11.6 Å². The molecule has 1 unspecified atom stereocenters. The van der Waals surface area contributed by atoms with E-state index in [4.69, 9.17) is 33.7 Å². The lowest BCUT2D eigenvalue weighted by atomic mass is 10.1. The summed E-state index contributed by atoms with van der Waals surface area (Å²) in [4.78, 5) is 24.8. The number of nitrogens with zero attached hydrogens (tertiary/aromatic N) is 4. The summed E-state index contributed by atoms with van der Waals surface area (Å²) in [6.45, 7) is 3.39. The van der Waals surface area contributed by atoms with E-state index in [1.54, 1.807) is 0 Å². The van der Waals surface area contributed by atoms with Gasteiger partial charge in [-0.2, -0.15) is 13.2 Å². The zero-order valence-corrected chi connectivity index (χ0v) is 15.5. The molecule has 0 spiro atoms. The molecule has 1 aliphatic heterocycles. The fourth-order valence-electron chi connectivity index (χ4n) is 2.32. The van der Waals surface area contributed by atoms with Crippen LogP contribution in [-0.2, 0) is 10.9 Å². The average molecular weight is 456 g/mol. The molecule has 10 nitrogen and oxygen atoms in total. The van der Waals surface area contributed by atoms with Gasteiger partial charge >= 0.3 is 17.6 Å². The van der Waals surface area contributed by atoms with Gasteiger partial charge < -0.3 is 10.5 Å². The molecule has 29 heavy (non-hydrogen) atoms. The maximum absolute atomic E-state index is 13.2. The Morgan fingerprint density at radius 1 is 1.38 bits per heavy atom. The van der Waals surface area contributed by atoms with E-state index in [1.165, 1.54) is 6.08 Å². The van der Waals surface area contributed by atoms with Crippen molar-refractivity contribution in [2.75, 3.05) is 11.5 Å². The third-order valence-electron chi connectivity index (χ3n) is 3.45. The summed E-state index contributed by atoms with van der Waals surface area (Å²) >= 11 is 11.6. The number of anilines is 1. The highest BCUT2D eigenvalue weighted by molar-refractivity contribution is 6.34. The number of rotatable bonds is 5. The molecule has 2 rings (SSSR count). The van der Waals surface area contributed by atoms with E-state index < -0.39 is 49.3 Å². The van der Waals surface area contributed by atoms with E-state index in [0.717, 1.165) is 6.20 Å². The number of hydrogen-bond acceptors (Lipinski definition) is 8. The summed E-state index contributed by atoms with van der Waals surface area (Å²) in [5, 5.41) is 21.5. The van der Waals surface area contributed by atoms with E-state index in [-0.39, 0.29) is 24.3 Å². The highest BCUT2D eigenvalue weighted by Crippen LogP contribution is 2.50. The van der Waals surface area contributed by atoms with Crippen LogP contribution in [0.4, 0.5) is 30.2 Å². The summed E-state index contributed by atoms with van der Waals surface area (Å²) in [5.41, 5.74) is -1.43. The molecule has 1 aromatic carbocycles. The minimum Gasteiger partial charge on any atom is -0.472 e. The molecule has 156 valence electrons. The van der Waals surface area contributed by atoms with Crippen molar-refractivity contribution in [2.24, 2.45) is 10.7 Å². The Morgan fingerprint density at radius 2 is 2.00 bits per heavy atom. The van der Waals surface area contributed by atoms with Crippen LogP contribution in [-0.4, -0.2) is 28.0 Å². The number of nitrogens with two attached hydrogens (primary N) is 1. The Hall–Kier alpha value is -3.06. The van der Waals surface area contributed by atoms with Crippen LogP contribution in [0.2, 0.25) is 5.02 Å². The highest BCUT2D eigenvalue weighted by Gasteiger charge is 2.44. The topological polar surface area (TPSA) is 137 Å². The Kier molecular flexibility index (Phi) is 6.23. The maximum Gasteiger partial charge on any atom is 0.418 e. The van der Waals surface area contributed by atoms with Gasteiger partial charge in [-0.1, -0.05) is 35.9 Å². The SMILES string of the molecule is C=CCOC1=NC(Cl)N(c2c([N+](=O)[O-])cc(C(F)(F)F)c(Cl)c2[N+](=O)[O-])C=C1N. The van der Waals surface area contributed by atoms with Gasteiger partial charge in [0.25, 0.3) is 0 Å². The summed E-state index contributed by atoms with van der Waals surface area (Å²) in [6, 6.07) is 0.0751. The normalized spacial score (nSPS) is 16.7. The minimum absolute atomic E-state index is 0.0244. The van der Waals surface area contributed by atoms with Crippen LogP contribution in [0, 0.1) is 20.2 Å². The fraction of sp³-hybridized carbons (Fsp3) is 0.214. The van der Waals surface area contributed by atoms with Crippen molar-refractivity contribution in [3.8, 4) is 0 Å². The van der Waals surface area contributed by atoms with Crippen LogP contribution in [0.25, 0.3) is 0 Å². The van der Waals surface area contributed by atoms with Gasteiger partial charge in [0, 0.05) is 12.3 Å². The number of nitro groups is 2. The van der Waals surface area contributed by atoms with Gasteiger partial charge in [-0.05, 0) is 0 Å². The number of ether oxygens (including phenoxy) is 1. The van der Waals surface area contributed by atoms with Crippen molar-refractivity contribution in [2.45, 2.75) is 11.8 Å². The maximum atomic E-state index is 13.2. The van der Waals surface area contributed by atoms with Crippen LogP contribution in [0.5, 0.6) is 0 Å². The lowest BCUT2D eigenvalue weighted by Gasteiger charge is -2.28. The van der Waals surface area contributed by atoms with E-state index >= 15 is 0 Å². The van der Waals surface area contributed by atoms with Crippen LogP contribution in [0.15, 0.2) is 35.6 Å². The second-order valence-electron chi connectivity index (χ2n) is 5.30. The van der Waals surface area contributed by atoms with Gasteiger partial charge in [-0.3, -0.25) is 25.1 Å². The quantitative estimate of drug-likeness (QED) is 0.233. The van der Waals surface area contributed by atoms with Gasteiger partial charge in [0.1, 0.15) is 17.3 Å². The molecule has 0 bridgehead atoms. The molecule has 15 heteroatoms. The number of alkyl halides is 4. The lowest BCUT2D eigenvalue weighted by Crippen LogP contribution is -2.35. The van der Waals surface area contributed by atoms with E-state index in [1.807, 2.05) is 0 Å². The summed E-state index contributed by atoms with van der Waals surface area (Å²) < 4.78 is 44.6. The smallest absolute Gasteiger partial charge is 0.418 e. The number of hydrogen-bond donors (Lipinski definition) is 1. The standard InChI is InChI=1S/C14H10Cl2F3N5O5/c1-2-3-29-12-7(20)5-22(13(16)21-12)10-8(23(25)26)4-6(14(17,18)19)9(15)11(10)24(27)28/h2,4-5,13H,1,3,20H2. The van der Waals surface area contributed by atoms with Crippen LogP contribution >= 0.6 is 23.2 Å². The number of nitro benzene ring substituents is 2. The third-order valence-corrected chi connectivity index (χ3v) is 4.14. The molecule has 1 aliphatic rings. The van der Waals surface area contributed by atoms with E-state index in [0.29, 0.717) is 4.90 Å². The van der Waals surface area contributed by atoms with Crippen molar-refractivity contribution in [1.82, 2.24) is 0 Å². The Balaban J connectivity index is 2.77. The Bertz CT molecular complexity index is 951. The van der Waals surface area contributed by atoms with Crippen molar-refractivity contribution in [1.29, 1.82) is 0 Å². The third kappa shape index (κ3) is 4.35. The zero-order chi connectivity index (χ0) is 22.1. The summed E-state index contributed by atoms with van der Waals surface area (Å²) in [7, 11) is 0. The van der Waals surface area contributed by atoms with Crippen molar-refractivity contribution in [3.63, 3.8) is 0 Å². The van der Waals surface area contributed by atoms with E-state index in [9.17, 15) is 33.4 Å².